The molecular weight excluding hydrogens is 241 g/mol. The molecule has 6 heteroatoms. The zero-order valence-corrected chi connectivity index (χ0v) is 10.4. The van der Waals surface area contributed by atoms with Crippen molar-refractivity contribution in [3.05, 3.63) is 29.6 Å². The lowest BCUT2D eigenvalue weighted by atomic mass is 10.1. The van der Waals surface area contributed by atoms with Crippen LogP contribution in [0.15, 0.2) is 18.2 Å². The third-order valence-electron chi connectivity index (χ3n) is 2.35. The van der Waals surface area contributed by atoms with Crippen LogP contribution in [0.1, 0.15) is 10.4 Å². The number of hydrogen-bond donors (Lipinski definition) is 0. The van der Waals surface area contributed by atoms with Crippen LogP contribution < -0.4 is 4.74 Å². The highest BCUT2D eigenvalue weighted by atomic mass is 19.1. The zero-order valence-electron chi connectivity index (χ0n) is 10.4. The molecule has 1 amide bonds. The summed E-state index contributed by atoms with van der Waals surface area (Å²) in [5, 5.41) is 0. The lowest BCUT2D eigenvalue weighted by molar-refractivity contribution is -0.141. The molecule has 0 bridgehead atoms. The van der Waals surface area contributed by atoms with E-state index in [0.717, 1.165) is 11.0 Å². The van der Waals surface area contributed by atoms with Gasteiger partial charge in [0.1, 0.15) is 23.7 Å². The highest BCUT2D eigenvalue weighted by molar-refractivity contribution is 5.98. The summed E-state index contributed by atoms with van der Waals surface area (Å²) >= 11 is 0. The van der Waals surface area contributed by atoms with E-state index >= 15 is 0 Å². The molecule has 5 nitrogen and oxygen atoms in total. The Morgan fingerprint density at radius 1 is 1.33 bits per heavy atom. The van der Waals surface area contributed by atoms with E-state index in [4.69, 9.17) is 4.74 Å². The number of nitrogens with zero attached hydrogens (tertiary/aromatic N) is 1. The second-order valence-corrected chi connectivity index (χ2v) is 3.55. The molecule has 0 aliphatic heterocycles. The molecule has 0 saturated heterocycles. The van der Waals surface area contributed by atoms with Crippen LogP contribution >= 0.6 is 0 Å². The fraction of sp³-hybridized carbons (Fsp3) is 0.333. The smallest absolute Gasteiger partial charge is 0.325 e. The third-order valence-corrected chi connectivity index (χ3v) is 2.35. The van der Waals surface area contributed by atoms with E-state index in [1.807, 2.05) is 0 Å². The van der Waals surface area contributed by atoms with Gasteiger partial charge >= 0.3 is 5.97 Å². The fourth-order valence-corrected chi connectivity index (χ4v) is 1.40. The van der Waals surface area contributed by atoms with E-state index in [1.165, 1.54) is 33.4 Å². The summed E-state index contributed by atoms with van der Waals surface area (Å²) in [6, 6.07) is 4.06. The number of esters is 1. The van der Waals surface area contributed by atoms with Gasteiger partial charge in [-0.3, -0.25) is 9.59 Å². The van der Waals surface area contributed by atoms with Gasteiger partial charge in [-0.25, -0.2) is 4.39 Å². The van der Waals surface area contributed by atoms with Gasteiger partial charge in [-0.2, -0.15) is 0 Å². The molecule has 1 rings (SSSR count). The number of carbonyl (C=O) groups excluding carboxylic acids is 2. The normalized spacial score (nSPS) is 9.78. The number of carbonyl (C=O) groups is 2. The number of ether oxygens (including phenoxy) is 2. The van der Waals surface area contributed by atoms with E-state index < -0.39 is 17.7 Å². The molecule has 1 aromatic carbocycles. The van der Waals surface area contributed by atoms with Crippen LogP contribution in [0.2, 0.25) is 0 Å². The minimum Gasteiger partial charge on any atom is -0.496 e. The van der Waals surface area contributed by atoms with Gasteiger partial charge in [0.2, 0.25) is 0 Å². The van der Waals surface area contributed by atoms with Crippen molar-refractivity contribution in [2.75, 3.05) is 27.8 Å². The third kappa shape index (κ3) is 2.97. The summed E-state index contributed by atoms with van der Waals surface area (Å²) in [7, 11) is 3.93. The van der Waals surface area contributed by atoms with Gasteiger partial charge in [-0.1, -0.05) is 6.07 Å². The first-order valence-electron chi connectivity index (χ1n) is 5.16. The Bertz CT molecular complexity index is 461. The summed E-state index contributed by atoms with van der Waals surface area (Å²) < 4.78 is 23.0. The largest absolute Gasteiger partial charge is 0.496 e. The highest BCUT2D eigenvalue weighted by Crippen LogP contribution is 2.22. The minimum atomic E-state index is -0.698. The Morgan fingerprint density at radius 3 is 2.56 bits per heavy atom. The van der Waals surface area contributed by atoms with E-state index in [1.54, 1.807) is 0 Å². The highest BCUT2D eigenvalue weighted by Gasteiger charge is 2.22. The molecule has 0 aliphatic carbocycles. The second-order valence-electron chi connectivity index (χ2n) is 3.55. The van der Waals surface area contributed by atoms with Gasteiger partial charge in [-0.05, 0) is 12.1 Å². The zero-order chi connectivity index (χ0) is 13.7. The number of halogens is 1. The van der Waals surface area contributed by atoms with Crippen molar-refractivity contribution in [3.63, 3.8) is 0 Å². The van der Waals surface area contributed by atoms with Crippen LogP contribution in [0.4, 0.5) is 4.39 Å². The van der Waals surface area contributed by atoms with Crippen LogP contribution in [-0.2, 0) is 9.53 Å². The predicted octanol–water partition coefficient (Wildman–Crippen LogP) is 1.08. The Kier molecular flexibility index (Phi) is 4.65. The first kappa shape index (κ1) is 14.0. The van der Waals surface area contributed by atoms with E-state index in [9.17, 15) is 14.0 Å². The van der Waals surface area contributed by atoms with Gasteiger partial charge < -0.3 is 14.4 Å². The lowest BCUT2D eigenvalue weighted by Crippen LogP contribution is -2.33. The molecule has 0 heterocycles. The van der Waals surface area contributed by atoms with Crippen LogP contribution in [0, 0.1) is 5.82 Å². The first-order chi connectivity index (χ1) is 8.51. The quantitative estimate of drug-likeness (QED) is 0.755. The summed E-state index contributed by atoms with van der Waals surface area (Å²) in [5.41, 5.74) is -0.202. The predicted molar refractivity (Wildman–Crippen MR) is 61.9 cm³/mol. The van der Waals surface area contributed by atoms with Crippen molar-refractivity contribution < 1.29 is 23.5 Å². The Balaban J connectivity index is 2.99. The van der Waals surface area contributed by atoms with Crippen molar-refractivity contribution in [1.82, 2.24) is 4.90 Å². The monoisotopic (exact) mass is 255 g/mol. The van der Waals surface area contributed by atoms with Gasteiger partial charge in [0, 0.05) is 7.05 Å². The first-order valence-corrected chi connectivity index (χ1v) is 5.16. The van der Waals surface area contributed by atoms with Crippen LogP contribution in [-0.4, -0.2) is 44.6 Å². The number of rotatable bonds is 4. The van der Waals surface area contributed by atoms with Crippen molar-refractivity contribution in [1.29, 1.82) is 0 Å². The topological polar surface area (TPSA) is 55.8 Å². The number of methoxy groups -OCH3 is 2. The van der Waals surface area contributed by atoms with Crippen LogP contribution in [0.3, 0.4) is 0 Å². The van der Waals surface area contributed by atoms with Crippen molar-refractivity contribution in [3.8, 4) is 5.75 Å². The average Bonchev–Trinajstić information content (AvgIpc) is 2.37. The Labute approximate surface area is 104 Å². The lowest BCUT2D eigenvalue weighted by Gasteiger charge is -2.17. The standard InChI is InChI=1S/C12H14FNO4/c1-14(7-10(15)18-3)12(16)11-8(13)5-4-6-9(11)17-2/h4-6H,7H2,1-3H3. The molecule has 0 aromatic heterocycles. The van der Waals surface area contributed by atoms with Crippen LogP contribution in [0.5, 0.6) is 5.75 Å². The maximum absolute atomic E-state index is 13.6. The number of amides is 1. The molecule has 0 unspecified atom stereocenters. The van der Waals surface area contributed by atoms with Crippen molar-refractivity contribution in [2.24, 2.45) is 0 Å². The van der Waals surface area contributed by atoms with Gasteiger partial charge in [0.25, 0.3) is 5.91 Å². The molecule has 0 saturated carbocycles. The summed E-state index contributed by atoms with van der Waals surface area (Å²) in [5.74, 6) is -1.80. The van der Waals surface area contributed by atoms with E-state index in [0.29, 0.717) is 0 Å². The number of likely N-dealkylation sites (N-methyl/N-ethyl adjacent to an activating group) is 1. The molecular formula is C12H14FNO4. The number of benzene rings is 1. The molecule has 0 fully saturated rings. The molecule has 98 valence electrons. The summed E-state index contributed by atoms with van der Waals surface area (Å²) in [6.45, 7) is -0.257. The van der Waals surface area contributed by atoms with Crippen molar-refractivity contribution >= 4 is 11.9 Å². The fourth-order valence-electron chi connectivity index (χ4n) is 1.40. The summed E-state index contributed by atoms with van der Waals surface area (Å²) in [6.07, 6.45) is 0. The Hall–Kier alpha value is -2.11. The minimum absolute atomic E-state index is 0.122. The Morgan fingerprint density at radius 2 is 2.00 bits per heavy atom. The molecule has 0 N–H and O–H groups in total. The molecule has 0 spiro atoms. The maximum Gasteiger partial charge on any atom is 0.325 e. The van der Waals surface area contributed by atoms with Crippen LogP contribution in [0.25, 0.3) is 0 Å². The van der Waals surface area contributed by atoms with Crippen molar-refractivity contribution in [2.45, 2.75) is 0 Å². The van der Waals surface area contributed by atoms with E-state index in [-0.39, 0.29) is 17.9 Å². The molecule has 0 aliphatic rings. The van der Waals surface area contributed by atoms with E-state index in [2.05, 4.69) is 4.74 Å². The molecule has 0 radical (unpaired) electrons. The molecule has 18 heavy (non-hydrogen) atoms. The number of hydrogen-bond acceptors (Lipinski definition) is 4. The SMILES string of the molecule is COC(=O)CN(C)C(=O)c1c(F)cccc1OC. The summed E-state index contributed by atoms with van der Waals surface area (Å²) in [4.78, 5) is 24.1. The maximum atomic E-state index is 13.6. The molecule has 0 atom stereocenters. The molecule has 1 aromatic rings. The van der Waals surface area contributed by atoms with Gasteiger partial charge in [0.05, 0.1) is 14.2 Å². The average molecular weight is 255 g/mol. The second kappa shape index (κ2) is 6.00. The van der Waals surface area contributed by atoms with Gasteiger partial charge in [0.15, 0.2) is 0 Å². The van der Waals surface area contributed by atoms with Gasteiger partial charge in [-0.15, -0.1) is 0 Å².